The molecule has 0 bridgehead atoms. The molecule has 0 aliphatic rings. The third kappa shape index (κ3) is 2.43. The average Bonchev–Trinajstić information content (AvgIpc) is 2.69. The third-order valence-corrected chi connectivity index (χ3v) is 3.79. The molecule has 2 rings (SSSR count). The molecule has 0 saturated heterocycles. The van der Waals surface area contributed by atoms with Crippen LogP contribution in [0.2, 0.25) is 0 Å². The number of rotatable bonds is 3. The van der Waals surface area contributed by atoms with E-state index in [2.05, 4.69) is 61.8 Å². The van der Waals surface area contributed by atoms with Gasteiger partial charge in [0, 0.05) is 17.3 Å². The maximum Gasteiger partial charge on any atom is 0.0707 e. The summed E-state index contributed by atoms with van der Waals surface area (Å²) in [7, 11) is 1.98. The summed E-state index contributed by atoms with van der Waals surface area (Å²) in [5.74, 6) is 0. The Morgan fingerprint density at radius 1 is 1.11 bits per heavy atom. The van der Waals surface area contributed by atoms with Gasteiger partial charge in [-0.3, -0.25) is 0 Å². The maximum atomic E-state index is 4.58. The zero-order chi connectivity index (χ0) is 14.2. The van der Waals surface area contributed by atoms with Gasteiger partial charge in [0.05, 0.1) is 11.9 Å². The quantitative estimate of drug-likeness (QED) is 0.913. The van der Waals surface area contributed by atoms with Crippen molar-refractivity contribution < 1.29 is 0 Å². The molecule has 0 aliphatic heterocycles. The summed E-state index contributed by atoms with van der Waals surface area (Å²) in [6.45, 7) is 10.7. The molecule has 0 radical (unpaired) electrons. The maximum absolute atomic E-state index is 4.58. The highest BCUT2D eigenvalue weighted by atomic mass is 15.3. The van der Waals surface area contributed by atoms with Crippen molar-refractivity contribution in [3.8, 4) is 5.69 Å². The van der Waals surface area contributed by atoms with Crippen molar-refractivity contribution in [1.82, 2.24) is 15.1 Å². The van der Waals surface area contributed by atoms with Crippen LogP contribution < -0.4 is 5.32 Å². The standard InChI is InChI=1S/C16H23N3/c1-10-7-11(2)16(12(3)8-10)19-14(5)15(9-18-19)13(4)17-6/h7-9,13,17H,1-6H3. The lowest BCUT2D eigenvalue weighted by molar-refractivity contribution is 0.647. The van der Waals surface area contributed by atoms with E-state index < -0.39 is 0 Å². The number of benzene rings is 1. The lowest BCUT2D eigenvalue weighted by Gasteiger charge is -2.15. The predicted octanol–water partition coefficient (Wildman–Crippen LogP) is 3.39. The largest absolute Gasteiger partial charge is 0.313 e. The minimum atomic E-state index is 0.319. The number of hydrogen-bond acceptors (Lipinski definition) is 2. The Morgan fingerprint density at radius 3 is 2.21 bits per heavy atom. The van der Waals surface area contributed by atoms with Crippen LogP contribution in [-0.2, 0) is 0 Å². The van der Waals surface area contributed by atoms with Gasteiger partial charge in [-0.1, -0.05) is 17.7 Å². The fourth-order valence-electron chi connectivity index (χ4n) is 2.73. The first-order chi connectivity index (χ1) is 8.95. The molecule has 1 heterocycles. The lowest BCUT2D eigenvalue weighted by Crippen LogP contribution is -2.13. The summed E-state index contributed by atoms with van der Waals surface area (Å²) in [5, 5.41) is 7.85. The molecule has 19 heavy (non-hydrogen) atoms. The van der Waals surface area contributed by atoms with Crippen LogP contribution in [0, 0.1) is 27.7 Å². The van der Waals surface area contributed by atoms with Crippen LogP contribution in [0.1, 0.15) is 40.9 Å². The van der Waals surface area contributed by atoms with Gasteiger partial charge in [0.1, 0.15) is 0 Å². The minimum absolute atomic E-state index is 0.319. The van der Waals surface area contributed by atoms with E-state index in [1.165, 1.54) is 33.6 Å². The number of nitrogens with zero attached hydrogens (tertiary/aromatic N) is 2. The smallest absolute Gasteiger partial charge is 0.0707 e. The molecule has 1 unspecified atom stereocenters. The number of hydrogen-bond donors (Lipinski definition) is 1. The van der Waals surface area contributed by atoms with Crippen LogP contribution in [0.25, 0.3) is 5.69 Å². The first kappa shape index (κ1) is 13.8. The molecule has 0 aliphatic carbocycles. The van der Waals surface area contributed by atoms with Gasteiger partial charge in [-0.15, -0.1) is 0 Å². The second-order valence-electron chi connectivity index (χ2n) is 5.35. The van der Waals surface area contributed by atoms with Gasteiger partial charge < -0.3 is 5.32 Å². The van der Waals surface area contributed by atoms with Crippen molar-refractivity contribution in [2.24, 2.45) is 0 Å². The topological polar surface area (TPSA) is 29.9 Å². The first-order valence-electron chi connectivity index (χ1n) is 6.75. The molecule has 2 aromatic rings. The van der Waals surface area contributed by atoms with Crippen molar-refractivity contribution >= 4 is 0 Å². The van der Waals surface area contributed by atoms with Crippen LogP contribution in [0.15, 0.2) is 18.3 Å². The Bertz CT molecular complexity index is 573. The molecule has 3 nitrogen and oxygen atoms in total. The van der Waals surface area contributed by atoms with Gasteiger partial charge in [0.15, 0.2) is 0 Å². The molecular weight excluding hydrogens is 234 g/mol. The molecule has 102 valence electrons. The summed E-state index contributed by atoms with van der Waals surface area (Å²) in [6, 6.07) is 4.75. The van der Waals surface area contributed by atoms with Gasteiger partial charge in [-0.25, -0.2) is 4.68 Å². The minimum Gasteiger partial charge on any atom is -0.313 e. The van der Waals surface area contributed by atoms with E-state index in [4.69, 9.17) is 0 Å². The van der Waals surface area contributed by atoms with E-state index in [9.17, 15) is 0 Å². The van der Waals surface area contributed by atoms with E-state index >= 15 is 0 Å². The lowest BCUT2D eigenvalue weighted by atomic mass is 10.0. The highest BCUT2D eigenvalue weighted by Crippen LogP contribution is 2.25. The van der Waals surface area contributed by atoms with Crippen LogP contribution >= 0.6 is 0 Å². The zero-order valence-electron chi connectivity index (χ0n) is 12.7. The Morgan fingerprint density at radius 2 is 1.68 bits per heavy atom. The van der Waals surface area contributed by atoms with Crippen molar-refractivity contribution in [2.75, 3.05) is 7.05 Å². The first-order valence-corrected chi connectivity index (χ1v) is 6.75. The monoisotopic (exact) mass is 257 g/mol. The molecule has 0 spiro atoms. The Hall–Kier alpha value is -1.61. The fraction of sp³-hybridized carbons (Fsp3) is 0.438. The molecule has 0 saturated carbocycles. The summed E-state index contributed by atoms with van der Waals surface area (Å²) in [5.41, 5.74) is 7.50. The van der Waals surface area contributed by atoms with Crippen molar-refractivity contribution in [3.05, 3.63) is 46.3 Å². The van der Waals surface area contributed by atoms with E-state index in [0.717, 1.165) is 0 Å². The average molecular weight is 257 g/mol. The number of aryl methyl sites for hydroxylation is 3. The normalized spacial score (nSPS) is 12.7. The van der Waals surface area contributed by atoms with Gasteiger partial charge in [0.2, 0.25) is 0 Å². The summed E-state index contributed by atoms with van der Waals surface area (Å²) < 4.78 is 2.06. The molecule has 1 aromatic carbocycles. The summed E-state index contributed by atoms with van der Waals surface area (Å²) in [6.07, 6.45) is 1.97. The third-order valence-electron chi connectivity index (χ3n) is 3.79. The van der Waals surface area contributed by atoms with E-state index in [1.807, 2.05) is 13.2 Å². The van der Waals surface area contributed by atoms with Gasteiger partial charge in [0.25, 0.3) is 0 Å². The Kier molecular flexibility index (Phi) is 3.76. The highest BCUT2D eigenvalue weighted by molar-refractivity contribution is 5.50. The SMILES string of the molecule is CNC(C)c1cnn(-c2c(C)cc(C)cc2C)c1C. The second kappa shape index (κ2) is 5.17. The molecule has 1 aromatic heterocycles. The molecule has 1 N–H and O–H groups in total. The van der Waals surface area contributed by atoms with E-state index in [0.29, 0.717) is 6.04 Å². The van der Waals surface area contributed by atoms with Crippen LogP contribution in [0.3, 0.4) is 0 Å². The summed E-state index contributed by atoms with van der Waals surface area (Å²) in [4.78, 5) is 0. The van der Waals surface area contributed by atoms with Crippen molar-refractivity contribution in [2.45, 2.75) is 40.7 Å². The van der Waals surface area contributed by atoms with Crippen molar-refractivity contribution in [1.29, 1.82) is 0 Å². The van der Waals surface area contributed by atoms with Crippen LogP contribution in [-0.4, -0.2) is 16.8 Å². The van der Waals surface area contributed by atoms with Gasteiger partial charge in [-0.2, -0.15) is 5.10 Å². The predicted molar refractivity (Wildman–Crippen MR) is 80.0 cm³/mol. The Labute approximate surface area is 115 Å². The fourth-order valence-corrected chi connectivity index (χ4v) is 2.73. The van der Waals surface area contributed by atoms with Crippen LogP contribution in [0.5, 0.6) is 0 Å². The van der Waals surface area contributed by atoms with Gasteiger partial charge in [-0.05, 0) is 52.8 Å². The van der Waals surface area contributed by atoms with E-state index in [-0.39, 0.29) is 0 Å². The molecular formula is C16H23N3. The zero-order valence-corrected chi connectivity index (χ0v) is 12.7. The van der Waals surface area contributed by atoms with Gasteiger partial charge >= 0.3 is 0 Å². The van der Waals surface area contributed by atoms with Crippen molar-refractivity contribution in [3.63, 3.8) is 0 Å². The number of aromatic nitrogens is 2. The molecule has 1 atom stereocenters. The van der Waals surface area contributed by atoms with Crippen LogP contribution in [0.4, 0.5) is 0 Å². The molecule has 3 heteroatoms. The Balaban J connectivity index is 2.58. The second-order valence-corrected chi connectivity index (χ2v) is 5.35. The molecule has 0 fully saturated rings. The molecule has 0 amide bonds. The highest BCUT2D eigenvalue weighted by Gasteiger charge is 2.15. The number of nitrogens with one attached hydrogen (secondary N) is 1. The van der Waals surface area contributed by atoms with E-state index in [1.54, 1.807) is 0 Å². The summed E-state index contributed by atoms with van der Waals surface area (Å²) >= 11 is 0.